The Morgan fingerprint density at radius 1 is 0.912 bits per heavy atom. The van der Waals surface area contributed by atoms with Crippen LogP contribution in [-0.4, -0.2) is 83.8 Å². The van der Waals surface area contributed by atoms with E-state index in [9.17, 15) is 14.7 Å². The zero-order chi connectivity index (χ0) is 38.5. The van der Waals surface area contributed by atoms with Crippen molar-refractivity contribution in [3.8, 4) is 23.0 Å². The second-order valence-electron chi connectivity index (χ2n) is 15.4. The Kier molecular flexibility index (Phi) is 8.97. The summed E-state index contributed by atoms with van der Waals surface area (Å²) in [5.74, 6) is 0.762. The number of imide groups is 1. The first-order chi connectivity index (χ1) is 27.9. The van der Waals surface area contributed by atoms with Gasteiger partial charge in [0.1, 0.15) is 23.5 Å². The van der Waals surface area contributed by atoms with Crippen molar-refractivity contribution in [1.29, 1.82) is 0 Å². The molecule has 4 aliphatic rings. The van der Waals surface area contributed by atoms with Gasteiger partial charge in [0.05, 0.1) is 23.4 Å². The molecule has 2 amide bonds. The Balaban J connectivity index is 0.723. The van der Waals surface area contributed by atoms with E-state index in [-0.39, 0.29) is 23.7 Å². The van der Waals surface area contributed by atoms with Crippen molar-refractivity contribution in [1.82, 2.24) is 39.9 Å². The van der Waals surface area contributed by atoms with Crippen LogP contribution in [0.1, 0.15) is 61.6 Å². The number of carbonyl (C=O) groups is 2. The first kappa shape index (κ1) is 35.0. The van der Waals surface area contributed by atoms with Gasteiger partial charge in [-0.1, -0.05) is 18.2 Å². The van der Waals surface area contributed by atoms with Crippen molar-refractivity contribution in [2.45, 2.75) is 63.0 Å². The van der Waals surface area contributed by atoms with Crippen LogP contribution in [0.15, 0.2) is 91.2 Å². The number of amides is 2. The molecule has 1 unspecified atom stereocenters. The van der Waals surface area contributed by atoms with Gasteiger partial charge in [0.25, 0.3) is 0 Å². The lowest BCUT2D eigenvalue weighted by atomic mass is 9.91. The van der Waals surface area contributed by atoms with Gasteiger partial charge in [0, 0.05) is 59.7 Å². The minimum Gasteiger partial charge on any atom is -0.507 e. The van der Waals surface area contributed by atoms with Gasteiger partial charge in [0.2, 0.25) is 11.8 Å². The molecule has 8 heterocycles. The largest absolute Gasteiger partial charge is 0.507 e. The molecule has 6 aromatic rings. The molecule has 0 saturated carbocycles. The number of phenolic OH excluding ortho intramolecular Hbond substituents is 1. The molecule has 3 saturated heterocycles. The number of benzene rings is 2. The fourth-order valence-corrected chi connectivity index (χ4v) is 8.93. The first-order valence-electron chi connectivity index (χ1n) is 19.8. The highest BCUT2D eigenvalue weighted by Gasteiger charge is 2.35. The van der Waals surface area contributed by atoms with E-state index >= 15 is 0 Å². The Labute approximate surface area is 328 Å². The number of para-hydroxylation sites is 1. The van der Waals surface area contributed by atoms with Crippen LogP contribution in [0.25, 0.3) is 33.2 Å². The molecule has 288 valence electrons. The molecular formula is C43H42N10O4. The Hall–Kier alpha value is -6.41. The topological polar surface area (TPSA) is 164 Å². The quantitative estimate of drug-likeness (QED) is 0.151. The predicted octanol–water partition coefficient (Wildman–Crippen LogP) is 5.86. The molecule has 2 atom stereocenters. The standard InChI is InChI=1S/C43H42N10O4/c54-38-8-2-1-6-32(38)34-21-37-40(50-49-34)45-24-29-20-30(25-52(29)37)57-43-46-22-28(23-47-43)27-13-17-51(18-14-27)16-4-5-26-9-10-35-33(19-26)31-7-3-15-44-41(31)53(35)36-11-12-39(55)48-42(36)56/h1-3,6-10,15,19,21-24,27,30,36,54H,4-5,11-14,16-18,20,25H2,(H,45,50)(H,48,55,56)/t30-,36?/m0/s1. The number of hydrogen-bond acceptors (Lipinski definition) is 12. The Bertz CT molecular complexity index is 2550. The molecule has 4 aliphatic heterocycles. The van der Waals surface area contributed by atoms with Crippen molar-refractivity contribution in [2.75, 3.05) is 36.4 Å². The molecule has 0 aliphatic carbocycles. The van der Waals surface area contributed by atoms with E-state index in [2.05, 4.69) is 69.8 Å². The van der Waals surface area contributed by atoms with E-state index in [0.29, 0.717) is 54.8 Å². The van der Waals surface area contributed by atoms with Crippen LogP contribution in [0, 0.1) is 0 Å². The fraction of sp³-hybridized carbons (Fsp3) is 0.326. The van der Waals surface area contributed by atoms with E-state index < -0.39 is 6.04 Å². The zero-order valence-electron chi connectivity index (χ0n) is 31.3. The number of likely N-dealkylation sites (tertiary alicyclic amines) is 1. The summed E-state index contributed by atoms with van der Waals surface area (Å²) in [6, 6.07) is 19.5. The number of aryl methyl sites for hydroxylation is 1. The van der Waals surface area contributed by atoms with Crippen LogP contribution in [-0.2, 0) is 16.0 Å². The number of hydrogen-bond donors (Lipinski definition) is 3. The molecule has 14 heteroatoms. The normalized spacial score (nSPS) is 19.9. The average molecular weight is 763 g/mol. The summed E-state index contributed by atoms with van der Waals surface area (Å²) in [6.45, 7) is 3.72. The molecule has 14 nitrogen and oxygen atoms in total. The molecule has 3 fully saturated rings. The number of anilines is 2. The van der Waals surface area contributed by atoms with Gasteiger partial charge in [-0.3, -0.25) is 14.9 Å². The highest BCUT2D eigenvalue weighted by Crippen LogP contribution is 2.40. The predicted molar refractivity (Wildman–Crippen MR) is 215 cm³/mol. The minimum atomic E-state index is -0.454. The van der Waals surface area contributed by atoms with Gasteiger partial charge in [0.15, 0.2) is 5.82 Å². The highest BCUT2D eigenvalue weighted by molar-refractivity contribution is 6.09. The summed E-state index contributed by atoms with van der Waals surface area (Å²) in [6.07, 6.45) is 13.1. The molecule has 3 N–H and O–H groups in total. The number of aromatic nitrogens is 6. The maximum absolute atomic E-state index is 12.8. The number of fused-ring (bicyclic) bond motifs is 6. The van der Waals surface area contributed by atoms with Crippen molar-refractivity contribution in [3.63, 3.8) is 0 Å². The SMILES string of the molecule is O=C1CCC(n2c3ccc(CCCN4CCC(c5cnc(O[C@H]6CC7=CNc8nnc(-c9ccccc9O)cc8N7C6)nc5)CC4)cc3c3cccnc32)C(=O)N1. The summed E-state index contributed by atoms with van der Waals surface area (Å²) in [5.41, 5.74) is 7.38. The van der Waals surface area contributed by atoms with Gasteiger partial charge in [-0.2, -0.15) is 0 Å². The van der Waals surface area contributed by atoms with E-state index in [0.717, 1.165) is 84.2 Å². The molecule has 2 aromatic carbocycles. The van der Waals surface area contributed by atoms with Crippen LogP contribution >= 0.6 is 0 Å². The van der Waals surface area contributed by atoms with Crippen molar-refractivity contribution < 1.29 is 19.4 Å². The van der Waals surface area contributed by atoms with Gasteiger partial charge >= 0.3 is 6.01 Å². The number of pyridine rings is 1. The first-order valence-corrected chi connectivity index (χ1v) is 19.8. The summed E-state index contributed by atoms with van der Waals surface area (Å²) < 4.78 is 8.30. The van der Waals surface area contributed by atoms with Crippen LogP contribution in [0.2, 0.25) is 0 Å². The zero-order valence-corrected chi connectivity index (χ0v) is 31.3. The smallest absolute Gasteiger partial charge is 0.316 e. The molecular weight excluding hydrogens is 721 g/mol. The van der Waals surface area contributed by atoms with Gasteiger partial charge < -0.3 is 29.5 Å². The average Bonchev–Trinajstić information content (AvgIpc) is 3.80. The van der Waals surface area contributed by atoms with Crippen molar-refractivity contribution in [2.24, 2.45) is 0 Å². The van der Waals surface area contributed by atoms with Crippen LogP contribution in [0.5, 0.6) is 11.8 Å². The second kappa shape index (κ2) is 14.6. The summed E-state index contributed by atoms with van der Waals surface area (Å²) in [4.78, 5) is 43.3. The van der Waals surface area contributed by atoms with E-state index in [1.807, 2.05) is 47.4 Å². The monoisotopic (exact) mass is 762 g/mol. The molecule has 10 rings (SSSR count). The third kappa shape index (κ3) is 6.69. The fourth-order valence-electron chi connectivity index (χ4n) is 8.93. The number of carbonyl (C=O) groups excluding carboxylic acids is 2. The van der Waals surface area contributed by atoms with E-state index in [1.165, 1.54) is 5.56 Å². The Morgan fingerprint density at radius 2 is 1.77 bits per heavy atom. The molecule has 0 spiro atoms. The van der Waals surface area contributed by atoms with Gasteiger partial charge in [-0.25, -0.2) is 15.0 Å². The molecule has 0 bridgehead atoms. The lowest BCUT2D eigenvalue weighted by molar-refractivity contribution is -0.135. The van der Waals surface area contributed by atoms with Gasteiger partial charge in [-0.05, 0) is 111 Å². The Morgan fingerprint density at radius 3 is 2.61 bits per heavy atom. The maximum Gasteiger partial charge on any atom is 0.316 e. The van der Waals surface area contributed by atoms with Crippen molar-refractivity contribution in [3.05, 3.63) is 102 Å². The summed E-state index contributed by atoms with van der Waals surface area (Å²) >= 11 is 0. The number of piperidine rings is 2. The number of ether oxygens (including phenoxy) is 1. The van der Waals surface area contributed by atoms with Crippen LogP contribution in [0.4, 0.5) is 11.5 Å². The number of nitrogens with one attached hydrogen (secondary N) is 2. The maximum atomic E-state index is 12.8. The third-order valence-corrected chi connectivity index (χ3v) is 11.9. The molecule has 57 heavy (non-hydrogen) atoms. The van der Waals surface area contributed by atoms with Crippen molar-refractivity contribution >= 4 is 45.3 Å². The van der Waals surface area contributed by atoms with E-state index in [1.54, 1.807) is 18.3 Å². The lowest BCUT2D eigenvalue weighted by Gasteiger charge is -2.32. The number of nitrogens with zero attached hydrogens (tertiary/aromatic N) is 8. The second-order valence-corrected chi connectivity index (χ2v) is 15.4. The number of aromatic hydroxyl groups is 1. The molecule has 4 aromatic heterocycles. The van der Waals surface area contributed by atoms with Crippen LogP contribution < -0.4 is 20.3 Å². The van der Waals surface area contributed by atoms with Crippen LogP contribution in [0.3, 0.4) is 0 Å². The minimum absolute atomic E-state index is 0.128. The molecule has 0 radical (unpaired) electrons. The number of rotatable bonds is 9. The third-order valence-electron chi connectivity index (χ3n) is 11.9. The highest BCUT2D eigenvalue weighted by atomic mass is 16.5. The van der Waals surface area contributed by atoms with Gasteiger partial charge in [-0.15, -0.1) is 10.2 Å². The lowest BCUT2D eigenvalue weighted by Crippen LogP contribution is -2.41. The van der Waals surface area contributed by atoms with E-state index in [4.69, 9.17) is 4.74 Å². The number of phenols is 1. The summed E-state index contributed by atoms with van der Waals surface area (Å²) in [7, 11) is 0. The summed E-state index contributed by atoms with van der Waals surface area (Å²) in [5, 5.41) is 27.0.